The minimum atomic E-state index is -0.976. The Morgan fingerprint density at radius 2 is 2.06 bits per heavy atom. The van der Waals surface area contributed by atoms with Crippen molar-refractivity contribution in [2.45, 2.75) is 26.3 Å². The molecule has 0 spiro atoms. The highest BCUT2D eigenvalue weighted by Gasteiger charge is 2.26. The van der Waals surface area contributed by atoms with Gasteiger partial charge in [0.15, 0.2) is 0 Å². The van der Waals surface area contributed by atoms with Crippen LogP contribution in [0.25, 0.3) is 0 Å². The lowest BCUT2D eigenvalue weighted by Gasteiger charge is -2.24. The third kappa shape index (κ3) is 3.01. The number of carbonyl (C=O) groups is 2. The zero-order valence-corrected chi connectivity index (χ0v) is 12.8. The first-order chi connectivity index (χ1) is 8.40. The highest BCUT2D eigenvalue weighted by atomic mass is 127. The van der Waals surface area contributed by atoms with Crippen molar-refractivity contribution >= 4 is 34.5 Å². The van der Waals surface area contributed by atoms with Gasteiger partial charge in [-0.25, -0.2) is 4.79 Å². The zero-order chi connectivity index (χ0) is 13.9. The summed E-state index contributed by atoms with van der Waals surface area (Å²) in [6.45, 7) is 3.68. The summed E-state index contributed by atoms with van der Waals surface area (Å²) in [5, 5.41) is 9.07. The van der Waals surface area contributed by atoms with Crippen molar-refractivity contribution in [2.75, 3.05) is 7.05 Å². The normalized spacial score (nSPS) is 12.0. The van der Waals surface area contributed by atoms with Crippen molar-refractivity contribution in [3.8, 4) is 0 Å². The molecule has 0 aliphatic rings. The Bertz CT molecular complexity index is 473. The van der Waals surface area contributed by atoms with Gasteiger partial charge in [0.05, 0.1) is 5.56 Å². The minimum absolute atomic E-state index is 0.252. The monoisotopic (exact) mass is 361 g/mol. The quantitative estimate of drug-likeness (QED) is 0.839. The second-order valence-corrected chi connectivity index (χ2v) is 5.19. The number of nitrogens with zero attached hydrogens (tertiary/aromatic N) is 1. The summed E-state index contributed by atoms with van der Waals surface area (Å²) in [7, 11) is 1.53. The number of carbonyl (C=O) groups excluding carboxylic acids is 1. The summed E-state index contributed by atoms with van der Waals surface area (Å²) >= 11 is 2.11. The van der Waals surface area contributed by atoms with E-state index in [1.165, 1.54) is 11.9 Å². The molecule has 0 radical (unpaired) electrons. The number of hydrogen-bond acceptors (Lipinski definition) is 2. The van der Waals surface area contributed by atoms with Crippen molar-refractivity contribution in [1.82, 2.24) is 4.90 Å². The Morgan fingerprint density at radius 3 is 2.56 bits per heavy atom. The van der Waals surface area contributed by atoms with E-state index in [2.05, 4.69) is 22.6 Å². The average molecular weight is 361 g/mol. The number of carboxylic acid groups (broad SMARTS) is 1. The summed E-state index contributed by atoms with van der Waals surface area (Å²) < 4.78 is 0.868. The molecule has 0 saturated heterocycles. The number of aryl methyl sites for hydroxylation is 1. The summed E-state index contributed by atoms with van der Waals surface area (Å²) in [6.07, 6.45) is 0.389. The van der Waals surface area contributed by atoms with Crippen LogP contribution in [-0.4, -0.2) is 35.0 Å². The number of amides is 1. The molecule has 0 fully saturated rings. The third-order valence-corrected chi connectivity index (χ3v) is 4.31. The second-order valence-electron chi connectivity index (χ2n) is 4.11. The third-order valence-electron chi connectivity index (χ3n) is 2.88. The Hall–Kier alpha value is -1.11. The fourth-order valence-electron chi connectivity index (χ4n) is 1.76. The number of halogens is 1. The van der Waals surface area contributed by atoms with E-state index in [-0.39, 0.29) is 5.91 Å². The van der Waals surface area contributed by atoms with Crippen LogP contribution in [-0.2, 0) is 4.79 Å². The maximum atomic E-state index is 12.3. The van der Waals surface area contributed by atoms with Crippen molar-refractivity contribution in [2.24, 2.45) is 0 Å². The van der Waals surface area contributed by atoms with E-state index in [9.17, 15) is 9.59 Å². The van der Waals surface area contributed by atoms with Crippen molar-refractivity contribution in [3.63, 3.8) is 0 Å². The van der Waals surface area contributed by atoms with Crippen molar-refractivity contribution in [1.29, 1.82) is 0 Å². The van der Waals surface area contributed by atoms with Gasteiger partial charge in [-0.2, -0.15) is 0 Å². The molecule has 98 valence electrons. The Labute approximate surface area is 120 Å². The van der Waals surface area contributed by atoms with Gasteiger partial charge in [-0.15, -0.1) is 0 Å². The maximum absolute atomic E-state index is 12.3. The Kier molecular flexibility index (Phi) is 5.13. The van der Waals surface area contributed by atoms with E-state index in [0.29, 0.717) is 12.0 Å². The average Bonchev–Trinajstić information content (AvgIpc) is 2.32. The first kappa shape index (κ1) is 14.9. The smallest absolute Gasteiger partial charge is 0.326 e. The Morgan fingerprint density at radius 1 is 1.44 bits per heavy atom. The maximum Gasteiger partial charge on any atom is 0.326 e. The fourth-order valence-corrected chi connectivity index (χ4v) is 2.35. The van der Waals surface area contributed by atoms with Gasteiger partial charge in [-0.05, 0) is 47.6 Å². The number of aliphatic carboxylic acids is 1. The number of benzene rings is 1. The topological polar surface area (TPSA) is 57.6 Å². The number of likely N-dealkylation sites (N-methyl/N-ethyl adjacent to an activating group) is 1. The van der Waals surface area contributed by atoms with Crippen LogP contribution in [0.1, 0.15) is 29.3 Å². The molecule has 0 heterocycles. The molecule has 1 aromatic rings. The van der Waals surface area contributed by atoms with E-state index in [1.54, 1.807) is 19.1 Å². The van der Waals surface area contributed by atoms with Crippen LogP contribution in [0.3, 0.4) is 0 Å². The van der Waals surface area contributed by atoms with Gasteiger partial charge in [-0.1, -0.05) is 19.1 Å². The lowest BCUT2D eigenvalue weighted by Crippen LogP contribution is -2.42. The molecule has 1 amide bonds. The predicted molar refractivity (Wildman–Crippen MR) is 77.7 cm³/mol. The van der Waals surface area contributed by atoms with Crippen LogP contribution in [0, 0.1) is 10.5 Å². The van der Waals surface area contributed by atoms with Gasteiger partial charge in [-0.3, -0.25) is 4.79 Å². The Balaban J connectivity index is 3.07. The highest BCUT2D eigenvalue weighted by molar-refractivity contribution is 14.1. The standard InChI is InChI=1S/C13H16INO3/c1-4-10(13(17)18)15(3)12(16)9-7-5-6-8(2)11(9)14/h5-7,10H,4H2,1-3H3,(H,17,18). The second kappa shape index (κ2) is 6.17. The lowest BCUT2D eigenvalue weighted by molar-refractivity contribution is -0.142. The number of hydrogen-bond donors (Lipinski definition) is 1. The van der Waals surface area contributed by atoms with E-state index < -0.39 is 12.0 Å². The summed E-state index contributed by atoms with van der Waals surface area (Å²) in [5.41, 5.74) is 1.57. The molecule has 1 atom stereocenters. The summed E-state index contributed by atoms with van der Waals surface area (Å²) in [6, 6.07) is 4.67. The SMILES string of the molecule is CCC(C(=O)O)N(C)C(=O)c1cccc(C)c1I. The van der Waals surface area contributed by atoms with Gasteiger partial charge in [0.25, 0.3) is 5.91 Å². The lowest BCUT2D eigenvalue weighted by atomic mass is 10.1. The molecule has 4 nitrogen and oxygen atoms in total. The highest BCUT2D eigenvalue weighted by Crippen LogP contribution is 2.19. The largest absolute Gasteiger partial charge is 0.480 e. The van der Waals surface area contributed by atoms with Gasteiger partial charge in [0.1, 0.15) is 6.04 Å². The molecule has 0 aliphatic heterocycles. The molecule has 1 N–H and O–H groups in total. The molecule has 5 heteroatoms. The zero-order valence-electron chi connectivity index (χ0n) is 10.6. The molecular formula is C13H16INO3. The summed E-state index contributed by atoms with van der Waals surface area (Å²) in [4.78, 5) is 24.6. The number of rotatable bonds is 4. The molecule has 1 aromatic carbocycles. The van der Waals surface area contributed by atoms with E-state index in [0.717, 1.165) is 9.13 Å². The van der Waals surface area contributed by atoms with Gasteiger partial charge >= 0.3 is 5.97 Å². The molecule has 0 bridgehead atoms. The molecule has 1 unspecified atom stereocenters. The molecule has 0 aliphatic carbocycles. The van der Waals surface area contributed by atoms with Crippen LogP contribution in [0.5, 0.6) is 0 Å². The van der Waals surface area contributed by atoms with E-state index in [1.807, 2.05) is 13.0 Å². The van der Waals surface area contributed by atoms with Crippen molar-refractivity contribution < 1.29 is 14.7 Å². The van der Waals surface area contributed by atoms with E-state index >= 15 is 0 Å². The van der Waals surface area contributed by atoms with Crippen molar-refractivity contribution in [3.05, 3.63) is 32.9 Å². The molecule has 0 aromatic heterocycles. The fraction of sp³-hybridized carbons (Fsp3) is 0.385. The molecule has 18 heavy (non-hydrogen) atoms. The summed E-state index contributed by atoms with van der Waals surface area (Å²) in [5.74, 6) is -1.23. The van der Waals surface area contributed by atoms with Gasteiger partial charge in [0, 0.05) is 10.6 Å². The first-order valence-electron chi connectivity index (χ1n) is 5.65. The van der Waals surface area contributed by atoms with Crippen LogP contribution in [0.15, 0.2) is 18.2 Å². The van der Waals surface area contributed by atoms with Gasteiger partial charge in [0.2, 0.25) is 0 Å². The van der Waals surface area contributed by atoms with Crippen LogP contribution < -0.4 is 0 Å². The number of carboxylic acids is 1. The van der Waals surface area contributed by atoms with Crippen LogP contribution >= 0.6 is 22.6 Å². The first-order valence-corrected chi connectivity index (χ1v) is 6.73. The van der Waals surface area contributed by atoms with Gasteiger partial charge < -0.3 is 10.0 Å². The molecular weight excluding hydrogens is 345 g/mol. The minimum Gasteiger partial charge on any atom is -0.480 e. The molecule has 1 rings (SSSR count). The molecule has 0 saturated carbocycles. The van der Waals surface area contributed by atoms with Crippen LogP contribution in [0.4, 0.5) is 0 Å². The predicted octanol–water partition coefficient (Wildman–Crippen LogP) is 2.53. The van der Waals surface area contributed by atoms with Crippen LogP contribution in [0.2, 0.25) is 0 Å². The van der Waals surface area contributed by atoms with E-state index in [4.69, 9.17) is 5.11 Å².